The van der Waals surface area contributed by atoms with Gasteiger partial charge in [0.25, 0.3) is 5.91 Å². The SMILES string of the molecule is Cc1ccc(/C=N\NC(=O)c2ccc(N3CCCC3)cc2)s1. The molecule has 1 aliphatic heterocycles. The van der Waals surface area contributed by atoms with E-state index >= 15 is 0 Å². The second kappa shape index (κ2) is 6.75. The Kier molecular flexibility index (Phi) is 4.53. The maximum Gasteiger partial charge on any atom is 0.271 e. The van der Waals surface area contributed by atoms with Gasteiger partial charge in [-0.25, -0.2) is 5.43 Å². The van der Waals surface area contributed by atoms with Crippen LogP contribution in [0.25, 0.3) is 0 Å². The fourth-order valence-corrected chi connectivity index (χ4v) is 3.29. The summed E-state index contributed by atoms with van der Waals surface area (Å²) in [6.45, 7) is 4.26. The lowest BCUT2D eigenvalue weighted by Gasteiger charge is -2.17. The molecule has 2 aromatic rings. The van der Waals surface area contributed by atoms with Crippen molar-refractivity contribution in [3.05, 3.63) is 51.7 Å². The molecule has 1 aromatic carbocycles. The smallest absolute Gasteiger partial charge is 0.271 e. The molecule has 1 amide bonds. The zero-order valence-corrected chi connectivity index (χ0v) is 13.4. The average molecular weight is 313 g/mol. The highest BCUT2D eigenvalue weighted by Gasteiger charge is 2.12. The molecular weight excluding hydrogens is 294 g/mol. The third-order valence-corrected chi connectivity index (χ3v) is 4.65. The second-order valence-corrected chi connectivity index (χ2v) is 6.71. The molecule has 1 aromatic heterocycles. The molecule has 1 aliphatic rings. The van der Waals surface area contributed by atoms with E-state index in [1.807, 2.05) is 43.3 Å². The molecule has 1 saturated heterocycles. The van der Waals surface area contributed by atoms with Crippen LogP contribution in [0.2, 0.25) is 0 Å². The fraction of sp³-hybridized carbons (Fsp3) is 0.294. The number of amides is 1. The first kappa shape index (κ1) is 14.8. The van der Waals surface area contributed by atoms with E-state index in [2.05, 4.69) is 15.4 Å². The molecule has 4 nitrogen and oxygen atoms in total. The predicted molar refractivity (Wildman–Crippen MR) is 92.0 cm³/mol. The topological polar surface area (TPSA) is 44.7 Å². The van der Waals surface area contributed by atoms with Gasteiger partial charge in [0.05, 0.1) is 6.21 Å². The molecule has 1 N–H and O–H groups in total. The van der Waals surface area contributed by atoms with Gasteiger partial charge in [-0.05, 0) is 56.2 Å². The van der Waals surface area contributed by atoms with Gasteiger partial charge in [0.2, 0.25) is 0 Å². The summed E-state index contributed by atoms with van der Waals surface area (Å²) in [5, 5.41) is 4.01. The van der Waals surface area contributed by atoms with Crippen LogP contribution in [-0.4, -0.2) is 25.2 Å². The summed E-state index contributed by atoms with van der Waals surface area (Å²) in [5.74, 6) is -0.183. The highest BCUT2D eigenvalue weighted by Crippen LogP contribution is 2.20. The van der Waals surface area contributed by atoms with E-state index < -0.39 is 0 Å². The van der Waals surface area contributed by atoms with Crippen LogP contribution in [0.15, 0.2) is 41.5 Å². The first-order valence-corrected chi connectivity index (χ1v) is 8.29. The first-order valence-electron chi connectivity index (χ1n) is 7.47. The van der Waals surface area contributed by atoms with Gasteiger partial charge in [-0.15, -0.1) is 11.3 Å². The van der Waals surface area contributed by atoms with Crippen LogP contribution in [0.5, 0.6) is 0 Å². The number of nitrogens with one attached hydrogen (secondary N) is 1. The number of hydrogen-bond donors (Lipinski definition) is 1. The maximum absolute atomic E-state index is 12.0. The molecule has 0 radical (unpaired) electrons. The second-order valence-electron chi connectivity index (χ2n) is 5.39. The van der Waals surface area contributed by atoms with Crippen molar-refractivity contribution in [3.63, 3.8) is 0 Å². The summed E-state index contributed by atoms with van der Waals surface area (Å²) >= 11 is 1.65. The van der Waals surface area contributed by atoms with Crippen LogP contribution in [-0.2, 0) is 0 Å². The van der Waals surface area contributed by atoms with E-state index in [9.17, 15) is 4.79 Å². The highest BCUT2D eigenvalue weighted by atomic mass is 32.1. The number of hydrazone groups is 1. The van der Waals surface area contributed by atoms with E-state index in [1.54, 1.807) is 17.6 Å². The van der Waals surface area contributed by atoms with E-state index in [4.69, 9.17) is 0 Å². The molecule has 1 fully saturated rings. The van der Waals surface area contributed by atoms with Crippen LogP contribution in [0, 0.1) is 6.92 Å². The number of aryl methyl sites for hydroxylation is 1. The number of rotatable bonds is 4. The minimum atomic E-state index is -0.183. The van der Waals surface area contributed by atoms with Gasteiger partial charge in [-0.3, -0.25) is 4.79 Å². The van der Waals surface area contributed by atoms with Gasteiger partial charge in [0.15, 0.2) is 0 Å². The normalized spacial score (nSPS) is 14.7. The van der Waals surface area contributed by atoms with Crippen LogP contribution in [0.3, 0.4) is 0 Å². The van der Waals surface area contributed by atoms with Crippen LogP contribution in [0.1, 0.15) is 33.0 Å². The first-order chi connectivity index (χ1) is 10.7. The summed E-state index contributed by atoms with van der Waals surface area (Å²) in [5.41, 5.74) is 4.38. The monoisotopic (exact) mass is 313 g/mol. The zero-order valence-electron chi connectivity index (χ0n) is 12.6. The molecule has 0 unspecified atom stereocenters. The Balaban J connectivity index is 1.58. The Morgan fingerprint density at radius 3 is 2.55 bits per heavy atom. The molecule has 2 heterocycles. The largest absolute Gasteiger partial charge is 0.372 e. The van der Waals surface area contributed by atoms with Gasteiger partial charge in [-0.2, -0.15) is 5.10 Å². The van der Waals surface area contributed by atoms with Crippen molar-refractivity contribution in [1.82, 2.24) is 5.43 Å². The average Bonchev–Trinajstić information content (AvgIpc) is 3.19. The molecule has 0 bridgehead atoms. The fourth-order valence-electron chi connectivity index (χ4n) is 2.54. The summed E-state index contributed by atoms with van der Waals surface area (Å²) in [4.78, 5) is 16.6. The van der Waals surface area contributed by atoms with Gasteiger partial charge in [-0.1, -0.05) is 0 Å². The summed E-state index contributed by atoms with van der Waals surface area (Å²) < 4.78 is 0. The Morgan fingerprint density at radius 1 is 1.18 bits per heavy atom. The number of carbonyl (C=O) groups is 1. The van der Waals surface area contributed by atoms with E-state index in [0.29, 0.717) is 5.56 Å². The number of thiophene rings is 1. The third-order valence-electron chi connectivity index (χ3n) is 3.72. The van der Waals surface area contributed by atoms with Crippen molar-refractivity contribution in [3.8, 4) is 0 Å². The number of hydrogen-bond acceptors (Lipinski definition) is 4. The lowest BCUT2D eigenvalue weighted by Crippen LogP contribution is -2.19. The molecular formula is C17H19N3OS. The van der Waals surface area contributed by atoms with Crippen LogP contribution in [0.4, 0.5) is 5.69 Å². The van der Waals surface area contributed by atoms with Gasteiger partial charge in [0.1, 0.15) is 0 Å². The quantitative estimate of drug-likeness (QED) is 0.694. The van der Waals surface area contributed by atoms with Crippen molar-refractivity contribution in [2.75, 3.05) is 18.0 Å². The molecule has 22 heavy (non-hydrogen) atoms. The minimum Gasteiger partial charge on any atom is -0.372 e. The van der Waals surface area contributed by atoms with E-state index in [1.165, 1.54) is 23.4 Å². The number of carbonyl (C=O) groups excluding carboxylic acids is 1. The van der Waals surface area contributed by atoms with Crippen molar-refractivity contribution in [2.45, 2.75) is 19.8 Å². The Bertz CT molecular complexity index is 669. The lowest BCUT2D eigenvalue weighted by molar-refractivity contribution is 0.0955. The van der Waals surface area contributed by atoms with E-state index in [0.717, 1.165) is 18.0 Å². The lowest BCUT2D eigenvalue weighted by atomic mass is 10.2. The Morgan fingerprint density at radius 2 is 1.91 bits per heavy atom. The molecule has 0 aliphatic carbocycles. The van der Waals surface area contributed by atoms with Gasteiger partial charge in [0, 0.05) is 34.1 Å². The van der Waals surface area contributed by atoms with Crippen molar-refractivity contribution in [1.29, 1.82) is 0 Å². The Hall–Kier alpha value is -2.14. The number of benzene rings is 1. The molecule has 0 spiro atoms. The van der Waals surface area contributed by atoms with Crippen molar-refractivity contribution >= 4 is 29.1 Å². The maximum atomic E-state index is 12.0. The molecule has 0 atom stereocenters. The molecule has 114 valence electrons. The number of anilines is 1. The van der Waals surface area contributed by atoms with Crippen molar-refractivity contribution in [2.24, 2.45) is 5.10 Å². The van der Waals surface area contributed by atoms with Gasteiger partial charge >= 0.3 is 0 Å². The minimum absolute atomic E-state index is 0.183. The number of nitrogens with zero attached hydrogens (tertiary/aromatic N) is 2. The third kappa shape index (κ3) is 3.54. The van der Waals surface area contributed by atoms with Crippen LogP contribution < -0.4 is 10.3 Å². The standard InChI is InChI=1S/C17H19N3OS/c1-13-4-9-16(22-13)12-18-19-17(21)14-5-7-15(8-6-14)20-10-2-3-11-20/h4-9,12H,2-3,10-11H2,1H3,(H,19,21)/b18-12-. The molecule has 3 rings (SSSR count). The van der Waals surface area contributed by atoms with Crippen molar-refractivity contribution < 1.29 is 4.79 Å². The van der Waals surface area contributed by atoms with E-state index in [-0.39, 0.29) is 5.91 Å². The zero-order chi connectivity index (χ0) is 15.4. The predicted octanol–water partition coefficient (Wildman–Crippen LogP) is 3.42. The Labute approximate surface area is 134 Å². The summed E-state index contributed by atoms with van der Waals surface area (Å²) in [7, 11) is 0. The van der Waals surface area contributed by atoms with Gasteiger partial charge < -0.3 is 4.90 Å². The molecule has 0 saturated carbocycles. The van der Waals surface area contributed by atoms with Crippen LogP contribution >= 0.6 is 11.3 Å². The highest BCUT2D eigenvalue weighted by molar-refractivity contribution is 7.13. The molecule has 5 heteroatoms. The summed E-state index contributed by atoms with van der Waals surface area (Å²) in [6.07, 6.45) is 4.17. The summed E-state index contributed by atoms with van der Waals surface area (Å²) in [6, 6.07) is 11.7.